The predicted octanol–water partition coefficient (Wildman–Crippen LogP) is 2.16. The molecule has 0 spiro atoms. The fraction of sp³-hybridized carbons (Fsp3) is 0.0556. The van der Waals surface area contributed by atoms with Gasteiger partial charge in [0.2, 0.25) is 0 Å². The molecule has 0 aliphatic heterocycles. The summed E-state index contributed by atoms with van der Waals surface area (Å²) in [5, 5.41) is 10.7. The van der Waals surface area contributed by atoms with E-state index in [9.17, 15) is 4.79 Å². The molecule has 0 atom stereocenters. The van der Waals surface area contributed by atoms with Crippen LogP contribution in [0.5, 0.6) is 0 Å². The minimum atomic E-state index is -0.332. The summed E-state index contributed by atoms with van der Waals surface area (Å²) < 4.78 is 3.41. The van der Waals surface area contributed by atoms with Crippen LogP contribution < -0.4 is 5.32 Å². The van der Waals surface area contributed by atoms with Crippen LogP contribution in [-0.4, -0.2) is 35.4 Å². The zero-order chi connectivity index (χ0) is 17.8. The highest BCUT2D eigenvalue weighted by atomic mass is 16.2. The number of pyridine rings is 1. The number of benzene rings is 1. The fourth-order valence-electron chi connectivity index (χ4n) is 2.45. The number of aromatic nitrogens is 6. The van der Waals surface area contributed by atoms with Crippen molar-refractivity contribution in [2.75, 3.05) is 5.32 Å². The van der Waals surface area contributed by atoms with Crippen LogP contribution in [0.2, 0.25) is 0 Å². The van der Waals surface area contributed by atoms with E-state index in [1.54, 1.807) is 52.5 Å². The van der Waals surface area contributed by atoms with Crippen LogP contribution in [0, 0.1) is 0 Å². The lowest BCUT2D eigenvalue weighted by molar-refractivity contribution is 0.102. The predicted molar refractivity (Wildman–Crippen MR) is 94.9 cm³/mol. The third kappa shape index (κ3) is 3.48. The molecular weight excluding hydrogens is 330 g/mol. The van der Waals surface area contributed by atoms with Crippen molar-refractivity contribution < 1.29 is 4.79 Å². The molecule has 4 aromatic rings. The molecule has 0 saturated heterocycles. The highest BCUT2D eigenvalue weighted by Crippen LogP contribution is 2.11. The molecule has 0 radical (unpaired) electrons. The molecule has 0 bridgehead atoms. The Morgan fingerprint density at radius 3 is 2.73 bits per heavy atom. The van der Waals surface area contributed by atoms with Crippen LogP contribution in [0.25, 0.3) is 5.82 Å². The van der Waals surface area contributed by atoms with Crippen LogP contribution in [0.4, 0.5) is 5.69 Å². The van der Waals surface area contributed by atoms with Gasteiger partial charge in [-0.1, -0.05) is 35.5 Å². The monoisotopic (exact) mass is 345 g/mol. The second kappa shape index (κ2) is 6.98. The molecule has 26 heavy (non-hydrogen) atoms. The molecule has 1 aromatic carbocycles. The zero-order valence-electron chi connectivity index (χ0n) is 13.7. The Balaban J connectivity index is 1.42. The number of anilines is 1. The summed E-state index contributed by atoms with van der Waals surface area (Å²) >= 11 is 0. The van der Waals surface area contributed by atoms with Crippen LogP contribution in [0.3, 0.4) is 0 Å². The van der Waals surface area contributed by atoms with Gasteiger partial charge in [-0.2, -0.15) is 0 Å². The number of hydrogen-bond acceptors (Lipinski definition) is 5. The zero-order valence-corrected chi connectivity index (χ0v) is 13.7. The molecular formula is C18H15N7O. The third-order valence-corrected chi connectivity index (χ3v) is 3.73. The van der Waals surface area contributed by atoms with Gasteiger partial charge >= 0.3 is 0 Å². The molecule has 0 fully saturated rings. The summed E-state index contributed by atoms with van der Waals surface area (Å²) in [5.41, 5.74) is 1.92. The van der Waals surface area contributed by atoms with Crippen LogP contribution in [0.15, 0.2) is 73.6 Å². The minimum absolute atomic E-state index is 0.250. The molecule has 4 rings (SSSR count). The topological polar surface area (TPSA) is 90.5 Å². The van der Waals surface area contributed by atoms with E-state index in [2.05, 4.69) is 25.6 Å². The number of carbonyl (C=O) groups excluding carboxylic acids is 1. The van der Waals surface area contributed by atoms with E-state index in [1.807, 2.05) is 30.3 Å². The summed E-state index contributed by atoms with van der Waals surface area (Å²) in [6.07, 6.45) is 8.34. The minimum Gasteiger partial charge on any atom is -0.319 e. The number of hydrogen-bond donors (Lipinski definition) is 1. The van der Waals surface area contributed by atoms with Gasteiger partial charge in [-0.25, -0.2) is 14.6 Å². The Bertz CT molecular complexity index is 992. The van der Waals surface area contributed by atoms with Crippen molar-refractivity contribution >= 4 is 11.6 Å². The smallest absolute Gasteiger partial charge is 0.277 e. The van der Waals surface area contributed by atoms with Crippen molar-refractivity contribution in [2.24, 2.45) is 0 Å². The fourth-order valence-corrected chi connectivity index (χ4v) is 2.45. The quantitative estimate of drug-likeness (QED) is 0.598. The van der Waals surface area contributed by atoms with Crippen LogP contribution in [-0.2, 0) is 6.54 Å². The average molecular weight is 345 g/mol. The second-order valence-electron chi connectivity index (χ2n) is 5.62. The third-order valence-electron chi connectivity index (χ3n) is 3.73. The Hall–Kier alpha value is -3.81. The van der Waals surface area contributed by atoms with Gasteiger partial charge in [-0.15, -0.1) is 5.10 Å². The van der Waals surface area contributed by atoms with E-state index in [4.69, 9.17) is 0 Å². The number of nitrogens with zero attached hydrogens (tertiary/aromatic N) is 6. The second-order valence-corrected chi connectivity index (χ2v) is 5.62. The SMILES string of the molecule is O=C(Nc1ccc(-n2ccnc2)nc1)c1cn(Cc2ccccc2)nn1. The van der Waals surface area contributed by atoms with E-state index >= 15 is 0 Å². The molecule has 8 nitrogen and oxygen atoms in total. The van der Waals surface area contributed by atoms with E-state index in [-0.39, 0.29) is 11.6 Å². The van der Waals surface area contributed by atoms with Gasteiger partial charge in [0.1, 0.15) is 12.1 Å². The molecule has 3 heterocycles. The lowest BCUT2D eigenvalue weighted by atomic mass is 10.2. The summed E-state index contributed by atoms with van der Waals surface area (Å²) in [7, 11) is 0. The molecule has 8 heteroatoms. The first kappa shape index (κ1) is 15.7. The van der Waals surface area contributed by atoms with Gasteiger partial charge in [0.05, 0.1) is 24.6 Å². The normalized spacial score (nSPS) is 10.6. The van der Waals surface area contributed by atoms with Gasteiger partial charge in [0.15, 0.2) is 5.69 Å². The maximum Gasteiger partial charge on any atom is 0.277 e. The largest absolute Gasteiger partial charge is 0.319 e. The number of rotatable bonds is 5. The lowest BCUT2D eigenvalue weighted by Gasteiger charge is -2.04. The average Bonchev–Trinajstić information content (AvgIpc) is 3.35. The Kier molecular flexibility index (Phi) is 4.21. The van der Waals surface area contributed by atoms with E-state index in [0.29, 0.717) is 18.1 Å². The Morgan fingerprint density at radius 2 is 2.00 bits per heavy atom. The molecule has 0 aliphatic carbocycles. The van der Waals surface area contributed by atoms with Crippen molar-refractivity contribution in [3.8, 4) is 5.82 Å². The van der Waals surface area contributed by atoms with Crippen molar-refractivity contribution in [2.45, 2.75) is 6.54 Å². The highest BCUT2D eigenvalue weighted by molar-refractivity contribution is 6.02. The number of carbonyl (C=O) groups is 1. The molecule has 1 N–H and O–H groups in total. The summed E-state index contributed by atoms with van der Waals surface area (Å²) in [5.74, 6) is 0.385. The van der Waals surface area contributed by atoms with Crippen molar-refractivity contribution in [1.82, 2.24) is 29.5 Å². The number of imidazole rings is 1. The van der Waals surface area contributed by atoms with Gasteiger partial charge in [0, 0.05) is 12.4 Å². The highest BCUT2D eigenvalue weighted by Gasteiger charge is 2.11. The van der Waals surface area contributed by atoms with Crippen LogP contribution in [0.1, 0.15) is 16.1 Å². The maximum atomic E-state index is 12.3. The molecule has 0 unspecified atom stereocenters. The Labute approximate surface area is 149 Å². The molecule has 3 aromatic heterocycles. The molecule has 0 saturated carbocycles. The first-order valence-corrected chi connectivity index (χ1v) is 7.98. The van der Waals surface area contributed by atoms with Crippen LogP contribution >= 0.6 is 0 Å². The van der Waals surface area contributed by atoms with Crippen molar-refractivity contribution in [3.05, 3.63) is 84.8 Å². The first-order valence-electron chi connectivity index (χ1n) is 7.98. The first-order chi connectivity index (χ1) is 12.8. The molecule has 128 valence electrons. The lowest BCUT2D eigenvalue weighted by Crippen LogP contribution is -2.12. The summed E-state index contributed by atoms with van der Waals surface area (Å²) in [6.45, 7) is 0.558. The standard InChI is InChI=1S/C18H15N7O/c26-18(16-12-25(23-22-16)11-14-4-2-1-3-5-14)21-15-6-7-17(20-10-15)24-9-8-19-13-24/h1-10,12-13H,11H2,(H,21,26). The van der Waals surface area contributed by atoms with Gasteiger partial charge in [-0.3, -0.25) is 9.36 Å². The number of amides is 1. The van der Waals surface area contributed by atoms with E-state index < -0.39 is 0 Å². The number of nitrogens with one attached hydrogen (secondary N) is 1. The molecule has 1 amide bonds. The van der Waals surface area contributed by atoms with E-state index in [0.717, 1.165) is 5.56 Å². The van der Waals surface area contributed by atoms with Gasteiger partial charge in [0.25, 0.3) is 5.91 Å². The van der Waals surface area contributed by atoms with Crippen molar-refractivity contribution in [1.29, 1.82) is 0 Å². The van der Waals surface area contributed by atoms with E-state index in [1.165, 1.54) is 0 Å². The molecule has 0 aliphatic rings. The van der Waals surface area contributed by atoms with Crippen molar-refractivity contribution in [3.63, 3.8) is 0 Å². The summed E-state index contributed by atoms with van der Waals surface area (Å²) in [6, 6.07) is 13.4. The Morgan fingerprint density at radius 1 is 1.12 bits per heavy atom. The van der Waals surface area contributed by atoms with Gasteiger partial charge < -0.3 is 5.32 Å². The maximum absolute atomic E-state index is 12.3. The van der Waals surface area contributed by atoms with Gasteiger partial charge in [-0.05, 0) is 17.7 Å². The summed E-state index contributed by atoms with van der Waals surface area (Å²) in [4.78, 5) is 20.6.